The Morgan fingerprint density at radius 2 is 1.93 bits per heavy atom. The molecule has 2 aliphatic rings. The molecule has 2 fully saturated rings. The highest BCUT2D eigenvalue weighted by Gasteiger charge is 2.68. The van der Waals surface area contributed by atoms with E-state index < -0.39 is 29.4 Å². The van der Waals surface area contributed by atoms with Gasteiger partial charge in [0.05, 0.1) is 30.7 Å². The van der Waals surface area contributed by atoms with Crippen LogP contribution in [0.3, 0.4) is 0 Å². The second-order valence-corrected chi connectivity index (χ2v) is 8.53. The van der Waals surface area contributed by atoms with E-state index in [1.54, 1.807) is 24.3 Å². The van der Waals surface area contributed by atoms with Crippen LogP contribution in [0.15, 0.2) is 47.8 Å². The molecule has 1 N–H and O–H groups in total. The van der Waals surface area contributed by atoms with Crippen LogP contribution in [0.5, 0.6) is 0 Å². The number of carbonyl (C=O) groups is 3. The minimum Gasteiger partial charge on any atom is -0.468 e. The monoisotopic (exact) mass is 412 g/mol. The summed E-state index contributed by atoms with van der Waals surface area (Å²) in [6.07, 6.45) is 2.06. The lowest BCUT2D eigenvalue weighted by Crippen LogP contribution is -2.56. The zero-order chi connectivity index (χ0) is 20.6. The number of methoxy groups -OCH3 is 1. The van der Waals surface area contributed by atoms with Gasteiger partial charge in [-0.15, -0.1) is 11.3 Å². The van der Waals surface area contributed by atoms with Gasteiger partial charge in [-0.1, -0.05) is 44.0 Å². The molecule has 29 heavy (non-hydrogen) atoms. The minimum absolute atomic E-state index is 0.264. The van der Waals surface area contributed by atoms with Gasteiger partial charge < -0.3 is 4.74 Å². The molecule has 4 rings (SSSR count). The van der Waals surface area contributed by atoms with Gasteiger partial charge in [0, 0.05) is 4.88 Å². The molecule has 6 nitrogen and oxygen atoms in total. The lowest BCUT2D eigenvalue weighted by molar-refractivity contribution is -0.152. The summed E-state index contributed by atoms with van der Waals surface area (Å²) < 4.78 is 5.15. The van der Waals surface area contributed by atoms with Gasteiger partial charge in [0.1, 0.15) is 5.54 Å². The first kappa shape index (κ1) is 19.8. The Balaban J connectivity index is 1.84. The van der Waals surface area contributed by atoms with Crippen molar-refractivity contribution in [3.8, 4) is 0 Å². The predicted octanol–water partition coefficient (Wildman–Crippen LogP) is 3.30. The molecule has 1 aromatic heterocycles. The van der Waals surface area contributed by atoms with E-state index in [0.717, 1.165) is 17.7 Å². The molecule has 0 bridgehead atoms. The van der Waals surface area contributed by atoms with Gasteiger partial charge in [0.25, 0.3) is 0 Å². The van der Waals surface area contributed by atoms with E-state index in [1.807, 2.05) is 30.5 Å². The molecule has 7 heteroatoms. The van der Waals surface area contributed by atoms with Crippen molar-refractivity contribution in [1.29, 1.82) is 0 Å². The van der Waals surface area contributed by atoms with Crippen LogP contribution in [-0.4, -0.2) is 30.4 Å². The summed E-state index contributed by atoms with van der Waals surface area (Å²) in [7, 11) is 1.33. The Morgan fingerprint density at radius 3 is 2.55 bits per heavy atom. The van der Waals surface area contributed by atoms with Crippen LogP contribution in [0.4, 0.5) is 5.69 Å². The van der Waals surface area contributed by atoms with Crippen molar-refractivity contribution in [3.63, 3.8) is 0 Å². The third-order valence-electron chi connectivity index (χ3n) is 5.99. The smallest absolute Gasteiger partial charge is 0.326 e. The molecule has 0 spiro atoms. The molecule has 0 aliphatic carbocycles. The van der Waals surface area contributed by atoms with Gasteiger partial charge in [0.2, 0.25) is 11.8 Å². The number of nitrogens with zero attached hydrogens (tertiary/aromatic N) is 1. The van der Waals surface area contributed by atoms with Gasteiger partial charge in [-0.05, 0) is 30.0 Å². The molecule has 2 amide bonds. The number of hydrogen-bond acceptors (Lipinski definition) is 6. The number of carbonyl (C=O) groups excluding carboxylic acids is 3. The van der Waals surface area contributed by atoms with Crippen molar-refractivity contribution in [1.82, 2.24) is 5.32 Å². The highest BCUT2D eigenvalue weighted by atomic mass is 32.1. The Hall–Kier alpha value is -2.51. The minimum atomic E-state index is -1.21. The summed E-state index contributed by atoms with van der Waals surface area (Å²) in [6.45, 7) is 2.03. The molecule has 4 atom stereocenters. The third kappa shape index (κ3) is 3.00. The number of benzene rings is 1. The number of fused-ring (bicyclic) bond motifs is 1. The zero-order valence-corrected chi connectivity index (χ0v) is 17.3. The normalized spacial score (nSPS) is 28.6. The van der Waals surface area contributed by atoms with Crippen LogP contribution in [-0.2, 0) is 19.1 Å². The molecule has 0 saturated carbocycles. The van der Waals surface area contributed by atoms with Crippen LogP contribution < -0.4 is 10.2 Å². The van der Waals surface area contributed by atoms with E-state index in [1.165, 1.54) is 23.3 Å². The highest BCUT2D eigenvalue weighted by molar-refractivity contribution is 7.10. The lowest BCUT2D eigenvalue weighted by Gasteiger charge is -2.32. The number of rotatable bonds is 6. The number of ether oxygens (including phenoxy) is 1. The Kier molecular flexibility index (Phi) is 5.27. The van der Waals surface area contributed by atoms with Crippen LogP contribution in [0.1, 0.15) is 37.1 Å². The van der Waals surface area contributed by atoms with E-state index in [4.69, 9.17) is 4.74 Å². The molecule has 2 aliphatic heterocycles. The maximum atomic E-state index is 13.6. The quantitative estimate of drug-likeness (QED) is 0.582. The first-order chi connectivity index (χ1) is 14.0. The van der Waals surface area contributed by atoms with Gasteiger partial charge in [0.15, 0.2) is 0 Å². The first-order valence-electron chi connectivity index (χ1n) is 9.87. The average Bonchev–Trinajstić information content (AvgIpc) is 3.44. The number of para-hydroxylation sites is 1. The maximum absolute atomic E-state index is 13.6. The molecule has 1 aromatic carbocycles. The summed E-state index contributed by atoms with van der Waals surface area (Å²) in [5, 5.41) is 5.33. The van der Waals surface area contributed by atoms with Gasteiger partial charge >= 0.3 is 5.97 Å². The summed E-state index contributed by atoms with van der Waals surface area (Å²) in [5.41, 5.74) is -0.670. The molecule has 2 saturated heterocycles. The zero-order valence-electron chi connectivity index (χ0n) is 16.5. The van der Waals surface area contributed by atoms with Gasteiger partial charge in [-0.2, -0.15) is 0 Å². The Labute approximate surface area is 173 Å². The molecule has 0 radical (unpaired) electrons. The summed E-state index contributed by atoms with van der Waals surface area (Å²) >= 11 is 1.52. The number of hydrogen-bond donors (Lipinski definition) is 1. The summed E-state index contributed by atoms with van der Waals surface area (Å²) in [5.74, 6) is -2.51. The van der Waals surface area contributed by atoms with Crippen molar-refractivity contribution < 1.29 is 19.1 Å². The molecule has 4 unspecified atom stereocenters. The van der Waals surface area contributed by atoms with Crippen molar-refractivity contribution >= 4 is 34.8 Å². The number of nitrogens with one attached hydrogen (secondary N) is 1. The van der Waals surface area contributed by atoms with Crippen molar-refractivity contribution in [2.45, 2.75) is 37.8 Å². The van der Waals surface area contributed by atoms with E-state index >= 15 is 0 Å². The lowest BCUT2D eigenvalue weighted by atomic mass is 9.77. The fourth-order valence-corrected chi connectivity index (χ4v) is 5.53. The fraction of sp³-hybridized carbons (Fsp3) is 0.409. The molecule has 3 heterocycles. The first-order valence-corrected chi connectivity index (χ1v) is 10.8. The number of imide groups is 1. The summed E-state index contributed by atoms with van der Waals surface area (Å²) in [6, 6.07) is 12.4. The molecular weight excluding hydrogens is 388 g/mol. The largest absolute Gasteiger partial charge is 0.468 e. The maximum Gasteiger partial charge on any atom is 0.326 e. The van der Waals surface area contributed by atoms with Crippen molar-refractivity contribution in [2.75, 3.05) is 12.0 Å². The van der Waals surface area contributed by atoms with Crippen molar-refractivity contribution in [2.24, 2.45) is 11.8 Å². The van der Waals surface area contributed by atoms with Crippen LogP contribution in [0.25, 0.3) is 0 Å². The van der Waals surface area contributed by atoms with Crippen LogP contribution in [0, 0.1) is 11.8 Å². The average molecular weight is 413 g/mol. The van der Waals surface area contributed by atoms with Crippen molar-refractivity contribution in [3.05, 3.63) is 52.7 Å². The van der Waals surface area contributed by atoms with E-state index in [-0.39, 0.29) is 11.8 Å². The number of amides is 2. The van der Waals surface area contributed by atoms with Crippen LogP contribution >= 0.6 is 11.3 Å². The summed E-state index contributed by atoms with van der Waals surface area (Å²) in [4.78, 5) is 42.3. The number of anilines is 1. The standard InChI is InChI=1S/C22H24N2O4S/c1-3-4-12-22(21(27)28-2)17-16(18(23-22)15-11-8-13-29-15)19(25)24(20(17)26)14-9-6-5-7-10-14/h5-11,13,16-18,23H,3-4,12H2,1-2H3. The molecule has 2 aromatic rings. The van der Waals surface area contributed by atoms with Gasteiger partial charge in [-0.3, -0.25) is 19.7 Å². The van der Waals surface area contributed by atoms with E-state index in [2.05, 4.69) is 5.32 Å². The van der Waals surface area contributed by atoms with E-state index in [0.29, 0.717) is 12.1 Å². The molecule has 152 valence electrons. The number of thiophene rings is 1. The number of unbranched alkanes of at least 4 members (excludes halogenated alkanes) is 1. The fourth-order valence-electron chi connectivity index (χ4n) is 4.70. The SMILES string of the molecule is CCCCC1(C(=O)OC)NC(c2cccs2)C2C(=O)N(c3ccccc3)C(=O)C21. The number of esters is 1. The Bertz CT molecular complexity index is 914. The second kappa shape index (κ2) is 7.72. The van der Waals surface area contributed by atoms with Crippen LogP contribution in [0.2, 0.25) is 0 Å². The predicted molar refractivity (Wildman–Crippen MR) is 110 cm³/mol. The van der Waals surface area contributed by atoms with E-state index in [9.17, 15) is 14.4 Å². The third-order valence-corrected chi connectivity index (χ3v) is 6.95. The Morgan fingerprint density at radius 1 is 1.17 bits per heavy atom. The topological polar surface area (TPSA) is 75.7 Å². The highest BCUT2D eigenvalue weighted by Crippen LogP contribution is 2.52. The molecular formula is C22H24N2O4S. The second-order valence-electron chi connectivity index (χ2n) is 7.55. The van der Waals surface area contributed by atoms with Gasteiger partial charge in [-0.25, -0.2) is 4.90 Å².